The lowest BCUT2D eigenvalue weighted by atomic mass is 10.5. The molecule has 0 aliphatic heterocycles. The molecule has 0 atom stereocenters. The first kappa shape index (κ1) is 11.0. The summed E-state index contributed by atoms with van der Waals surface area (Å²) in [5.74, 6) is -0.290. The predicted molar refractivity (Wildman–Crippen MR) is 48.8 cm³/mol. The van der Waals surface area contributed by atoms with E-state index >= 15 is 0 Å². The van der Waals surface area contributed by atoms with E-state index in [1.807, 2.05) is 0 Å². The van der Waals surface area contributed by atoms with Crippen LogP contribution in [0.25, 0.3) is 0 Å². The molecule has 0 bridgehead atoms. The van der Waals surface area contributed by atoms with Crippen molar-refractivity contribution >= 4 is 27.7 Å². The molecule has 0 spiro atoms. The van der Waals surface area contributed by atoms with Crippen molar-refractivity contribution in [3.05, 3.63) is 11.5 Å². The summed E-state index contributed by atoms with van der Waals surface area (Å²) in [6.45, 7) is 0. The van der Waals surface area contributed by atoms with Crippen LogP contribution in [0.2, 0.25) is 5.15 Å². The zero-order valence-corrected chi connectivity index (χ0v) is 8.50. The van der Waals surface area contributed by atoms with Gasteiger partial charge in [-0.05, 0) is 0 Å². The number of anilines is 1. The highest BCUT2D eigenvalue weighted by Gasteiger charge is 2.14. The standard InChI is InChI=1S/C5H6ClN3O4S/c1-13-3-4(6)7-2-8-5(3)9-14(10,11)12/h2H,1H3,(H,7,8,9)(H,10,11,12). The minimum Gasteiger partial charge on any atom is -0.490 e. The SMILES string of the molecule is COc1c(Cl)ncnc1NS(=O)(=O)O. The van der Waals surface area contributed by atoms with E-state index in [2.05, 4.69) is 9.97 Å². The first-order valence-corrected chi connectivity index (χ1v) is 5.05. The molecule has 2 N–H and O–H groups in total. The minimum atomic E-state index is -4.41. The highest BCUT2D eigenvalue weighted by molar-refractivity contribution is 7.87. The van der Waals surface area contributed by atoms with Crippen LogP contribution in [0.5, 0.6) is 5.75 Å². The number of nitrogens with zero attached hydrogens (tertiary/aromatic N) is 2. The molecule has 1 rings (SSSR count). The van der Waals surface area contributed by atoms with Crippen LogP contribution < -0.4 is 9.46 Å². The quantitative estimate of drug-likeness (QED) is 0.583. The zero-order valence-electron chi connectivity index (χ0n) is 6.93. The van der Waals surface area contributed by atoms with Gasteiger partial charge in [-0.2, -0.15) is 8.42 Å². The third-order valence-corrected chi connectivity index (χ3v) is 1.91. The summed E-state index contributed by atoms with van der Waals surface area (Å²) in [5.41, 5.74) is 0. The second-order valence-corrected chi connectivity index (χ2v) is 3.64. The average molecular weight is 240 g/mol. The predicted octanol–water partition coefficient (Wildman–Crippen LogP) is 0.353. The van der Waals surface area contributed by atoms with Gasteiger partial charge in [-0.25, -0.2) is 14.7 Å². The number of hydrogen-bond donors (Lipinski definition) is 2. The number of aromatic nitrogens is 2. The molecule has 0 radical (unpaired) electrons. The lowest BCUT2D eigenvalue weighted by molar-refractivity contribution is 0.413. The summed E-state index contributed by atoms with van der Waals surface area (Å²) in [5, 5.41) is -0.0614. The summed E-state index contributed by atoms with van der Waals surface area (Å²) < 4.78 is 35.9. The zero-order chi connectivity index (χ0) is 10.8. The number of methoxy groups -OCH3 is 1. The lowest BCUT2D eigenvalue weighted by Gasteiger charge is -2.07. The van der Waals surface area contributed by atoms with E-state index < -0.39 is 10.3 Å². The van der Waals surface area contributed by atoms with Gasteiger partial charge in [0.2, 0.25) is 0 Å². The molecular weight excluding hydrogens is 234 g/mol. The highest BCUT2D eigenvalue weighted by atomic mass is 35.5. The molecule has 0 aromatic carbocycles. The Morgan fingerprint density at radius 1 is 1.57 bits per heavy atom. The number of rotatable bonds is 3. The van der Waals surface area contributed by atoms with Crippen LogP contribution in [0.15, 0.2) is 6.33 Å². The van der Waals surface area contributed by atoms with Crippen molar-refractivity contribution in [2.45, 2.75) is 0 Å². The van der Waals surface area contributed by atoms with E-state index in [1.54, 1.807) is 4.72 Å². The van der Waals surface area contributed by atoms with Crippen LogP contribution in [-0.2, 0) is 10.3 Å². The molecule has 1 heterocycles. The Labute approximate surface area is 85.0 Å². The Morgan fingerprint density at radius 3 is 2.71 bits per heavy atom. The van der Waals surface area contributed by atoms with Gasteiger partial charge >= 0.3 is 10.3 Å². The first-order valence-electron chi connectivity index (χ1n) is 3.23. The summed E-state index contributed by atoms with van der Waals surface area (Å²) in [7, 11) is -3.14. The van der Waals surface area contributed by atoms with Gasteiger partial charge < -0.3 is 4.74 Å². The Bertz CT molecular complexity index is 435. The molecule has 0 fully saturated rings. The van der Waals surface area contributed by atoms with Crippen LogP contribution in [-0.4, -0.2) is 30.0 Å². The number of ether oxygens (including phenoxy) is 1. The Hall–Kier alpha value is -1.12. The summed E-state index contributed by atoms with van der Waals surface area (Å²) in [4.78, 5) is 7.08. The molecule has 0 amide bonds. The van der Waals surface area contributed by atoms with Crippen molar-refractivity contribution in [1.29, 1.82) is 0 Å². The molecule has 14 heavy (non-hydrogen) atoms. The van der Waals surface area contributed by atoms with Crippen molar-refractivity contribution in [2.75, 3.05) is 11.8 Å². The molecule has 0 aliphatic carbocycles. The fourth-order valence-corrected chi connectivity index (χ4v) is 1.33. The van der Waals surface area contributed by atoms with Crippen LogP contribution >= 0.6 is 11.6 Å². The summed E-state index contributed by atoms with van der Waals surface area (Å²) >= 11 is 5.57. The monoisotopic (exact) mass is 239 g/mol. The maximum atomic E-state index is 10.5. The average Bonchev–Trinajstić information content (AvgIpc) is 2.01. The topological polar surface area (TPSA) is 101 Å². The van der Waals surface area contributed by atoms with Gasteiger partial charge in [0.15, 0.2) is 16.7 Å². The van der Waals surface area contributed by atoms with E-state index in [1.165, 1.54) is 7.11 Å². The van der Waals surface area contributed by atoms with Crippen molar-refractivity contribution < 1.29 is 17.7 Å². The lowest BCUT2D eigenvalue weighted by Crippen LogP contribution is -2.12. The maximum absolute atomic E-state index is 10.5. The van der Waals surface area contributed by atoms with Crippen LogP contribution in [0.1, 0.15) is 0 Å². The molecular formula is C5H6ClN3O4S. The normalized spacial score (nSPS) is 11.1. The molecule has 0 aliphatic rings. The Morgan fingerprint density at radius 2 is 2.21 bits per heavy atom. The first-order chi connectivity index (χ1) is 6.44. The van der Waals surface area contributed by atoms with E-state index in [0.29, 0.717) is 0 Å². The van der Waals surface area contributed by atoms with E-state index in [0.717, 1.165) is 6.33 Å². The minimum absolute atomic E-state index is 0.0614. The fourth-order valence-electron chi connectivity index (χ4n) is 0.728. The van der Waals surface area contributed by atoms with Gasteiger partial charge in [-0.15, -0.1) is 0 Å². The second kappa shape index (κ2) is 3.95. The molecule has 0 unspecified atom stereocenters. The fraction of sp³-hybridized carbons (Fsp3) is 0.200. The highest BCUT2D eigenvalue weighted by Crippen LogP contribution is 2.28. The summed E-state index contributed by atoms with van der Waals surface area (Å²) in [6.07, 6.45) is 1.03. The number of hydrogen-bond acceptors (Lipinski definition) is 5. The van der Waals surface area contributed by atoms with E-state index in [-0.39, 0.29) is 16.7 Å². The Balaban J connectivity index is 3.15. The van der Waals surface area contributed by atoms with Gasteiger partial charge in [-0.1, -0.05) is 11.6 Å². The van der Waals surface area contributed by atoms with Gasteiger partial charge in [0, 0.05) is 0 Å². The van der Waals surface area contributed by atoms with E-state index in [9.17, 15) is 8.42 Å². The third kappa shape index (κ3) is 2.69. The van der Waals surface area contributed by atoms with Gasteiger partial charge in [0.05, 0.1) is 7.11 Å². The number of halogens is 1. The molecule has 0 saturated carbocycles. The molecule has 7 nitrogen and oxygen atoms in total. The molecule has 9 heteroatoms. The molecule has 78 valence electrons. The van der Waals surface area contributed by atoms with Crippen molar-refractivity contribution in [1.82, 2.24) is 9.97 Å². The van der Waals surface area contributed by atoms with Gasteiger partial charge in [-0.3, -0.25) is 4.55 Å². The van der Waals surface area contributed by atoms with Crippen LogP contribution in [0.4, 0.5) is 5.82 Å². The van der Waals surface area contributed by atoms with Crippen LogP contribution in [0, 0.1) is 0 Å². The largest absolute Gasteiger partial charge is 0.490 e. The molecule has 1 aromatic rings. The third-order valence-electron chi connectivity index (χ3n) is 1.19. The van der Waals surface area contributed by atoms with Crippen molar-refractivity contribution in [2.24, 2.45) is 0 Å². The maximum Gasteiger partial charge on any atom is 0.358 e. The molecule has 1 aromatic heterocycles. The van der Waals surface area contributed by atoms with E-state index in [4.69, 9.17) is 20.9 Å². The smallest absolute Gasteiger partial charge is 0.358 e. The Kier molecular flexibility index (Phi) is 3.09. The summed E-state index contributed by atoms with van der Waals surface area (Å²) in [6, 6.07) is 0. The second-order valence-electron chi connectivity index (χ2n) is 2.12. The van der Waals surface area contributed by atoms with Gasteiger partial charge in [0.1, 0.15) is 6.33 Å². The van der Waals surface area contributed by atoms with Crippen LogP contribution in [0.3, 0.4) is 0 Å². The number of nitrogens with one attached hydrogen (secondary N) is 1. The molecule has 0 saturated heterocycles. The van der Waals surface area contributed by atoms with Crippen molar-refractivity contribution in [3.8, 4) is 5.75 Å². The van der Waals surface area contributed by atoms with Gasteiger partial charge in [0.25, 0.3) is 0 Å². The van der Waals surface area contributed by atoms with Crippen molar-refractivity contribution in [3.63, 3.8) is 0 Å².